The molecule has 4 nitrogen and oxygen atoms in total. The predicted octanol–water partition coefficient (Wildman–Crippen LogP) is 5.94. The molecule has 0 heterocycles. The van der Waals surface area contributed by atoms with Crippen molar-refractivity contribution in [1.82, 2.24) is 0 Å². The Hall–Kier alpha value is -2.69. The molecule has 3 aromatic rings. The number of hydrogen-bond acceptors (Lipinski definition) is 4. The van der Waals surface area contributed by atoms with Crippen LogP contribution < -0.4 is 9.47 Å². The summed E-state index contributed by atoms with van der Waals surface area (Å²) in [6.07, 6.45) is 0. The van der Waals surface area contributed by atoms with E-state index < -0.39 is 5.97 Å². The van der Waals surface area contributed by atoms with Crippen LogP contribution in [-0.2, 0) is 18.0 Å². The number of halogens is 2. The second kappa shape index (κ2) is 9.49. The van der Waals surface area contributed by atoms with Crippen molar-refractivity contribution in [3.8, 4) is 11.5 Å². The summed E-state index contributed by atoms with van der Waals surface area (Å²) in [7, 11) is 1.60. The molecule has 6 heteroatoms. The molecule has 0 aromatic heterocycles. The minimum Gasteiger partial charge on any atom is -0.493 e. The molecule has 0 saturated carbocycles. The van der Waals surface area contributed by atoms with Gasteiger partial charge in [-0.15, -0.1) is 0 Å². The molecule has 0 aliphatic heterocycles. The molecule has 0 unspecified atom stereocenters. The van der Waals surface area contributed by atoms with Gasteiger partial charge in [0, 0.05) is 15.6 Å². The van der Waals surface area contributed by atoms with Crippen molar-refractivity contribution in [2.75, 3.05) is 7.11 Å². The third kappa shape index (κ3) is 5.18. The van der Waals surface area contributed by atoms with E-state index in [1.807, 2.05) is 36.4 Å². The number of methoxy groups -OCH3 is 1. The summed E-state index contributed by atoms with van der Waals surface area (Å²) in [5, 5.41) is 0.996. The van der Waals surface area contributed by atoms with Crippen LogP contribution in [0.2, 0.25) is 10.0 Å². The Morgan fingerprint density at radius 1 is 0.893 bits per heavy atom. The van der Waals surface area contributed by atoms with Crippen LogP contribution in [0.5, 0.6) is 11.5 Å². The van der Waals surface area contributed by atoms with Crippen molar-refractivity contribution in [2.24, 2.45) is 0 Å². The normalized spacial score (nSPS) is 10.4. The monoisotopic (exact) mass is 416 g/mol. The van der Waals surface area contributed by atoms with Gasteiger partial charge in [-0.2, -0.15) is 0 Å². The van der Waals surface area contributed by atoms with Crippen LogP contribution in [0.3, 0.4) is 0 Å². The van der Waals surface area contributed by atoms with E-state index in [0.717, 1.165) is 5.56 Å². The molecule has 0 aliphatic rings. The lowest BCUT2D eigenvalue weighted by Gasteiger charge is -2.11. The molecule has 0 N–H and O–H groups in total. The van der Waals surface area contributed by atoms with Gasteiger partial charge in [0.15, 0.2) is 11.5 Å². The van der Waals surface area contributed by atoms with Gasteiger partial charge in [-0.3, -0.25) is 0 Å². The lowest BCUT2D eigenvalue weighted by Crippen LogP contribution is -2.06. The molecule has 0 fully saturated rings. The molecule has 0 amide bonds. The number of rotatable bonds is 7. The first kappa shape index (κ1) is 20.1. The van der Waals surface area contributed by atoms with E-state index in [1.165, 1.54) is 0 Å². The first-order valence-electron chi connectivity index (χ1n) is 8.52. The second-order valence-corrected chi connectivity index (χ2v) is 6.79. The predicted molar refractivity (Wildman–Crippen MR) is 109 cm³/mol. The SMILES string of the molecule is COc1ccccc1OCc1ccc(C(=O)OCc2ccc(Cl)cc2Cl)cc1. The molecule has 28 heavy (non-hydrogen) atoms. The highest BCUT2D eigenvalue weighted by atomic mass is 35.5. The maximum absolute atomic E-state index is 12.2. The number of esters is 1. The Kier molecular flexibility index (Phi) is 6.80. The van der Waals surface area contributed by atoms with Crippen molar-refractivity contribution in [2.45, 2.75) is 13.2 Å². The Bertz CT molecular complexity index is 955. The summed E-state index contributed by atoms with van der Waals surface area (Å²) >= 11 is 12.0. The molecule has 3 aromatic carbocycles. The molecule has 0 atom stereocenters. The summed E-state index contributed by atoms with van der Waals surface area (Å²) in [6, 6.07) is 19.5. The molecule has 0 saturated heterocycles. The number of para-hydroxylation sites is 2. The molecule has 0 bridgehead atoms. The third-order valence-corrected chi connectivity index (χ3v) is 4.61. The van der Waals surface area contributed by atoms with Crippen molar-refractivity contribution >= 4 is 29.2 Å². The third-order valence-electron chi connectivity index (χ3n) is 4.03. The van der Waals surface area contributed by atoms with Crippen molar-refractivity contribution < 1.29 is 19.0 Å². The number of carbonyl (C=O) groups is 1. The largest absolute Gasteiger partial charge is 0.493 e. The Morgan fingerprint density at radius 3 is 2.29 bits per heavy atom. The van der Waals surface area contributed by atoms with Crippen LogP contribution in [-0.4, -0.2) is 13.1 Å². The first-order chi connectivity index (χ1) is 13.6. The fraction of sp³-hybridized carbons (Fsp3) is 0.136. The lowest BCUT2D eigenvalue weighted by molar-refractivity contribution is 0.0473. The number of benzene rings is 3. The maximum Gasteiger partial charge on any atom is 0.338 e. The Labute approximate surface area is 173 Å². The van der Waals surface area contributed by atoms with E-state index in [0.29, 0.717) is 39.3 Å². The molecule has 0 spiro atoms. The molecule has 0 radical (unpaired) electrons. The van der Waals surface area contributed by atoms with Gasteiger partial charge in [0.2, 0.25) is 0 Å². The van der Waals surface area contributed by atoms with E-state index in [-0.39, 0.29) is 6.61 Å². The van der Waals surface area contributed by atoms with E-state index in [2.05, 4.69) is 0 Å². The molecule has 144 valence electrons. The number of carbonyl (C=O) groups excluding carboxylic acids is 1. The van der Waals surface area contributed by atoms with Crippen LogP contribution in [0.1, 0.15) is 21.5 Å². The maximum atomic E-state index is 12.2. The highest BCUT2D eigenvalue weighted by Gasteiger charge is 2.10. The zero-order valence-corrected chi connectivity index (χ0v) is 16.7. The highest BCUT2D eigenvalue weighted by molar-refractivity contribution is 6.35. The number of ether oxygens (including phenoxy) is 3. The van der Waals surface area contributed by atoms with E-state index in [4.69, 9.17) is 37.4 Å². The van der Waals surface area contributed by atoms with Crippen molar-refractivity contribution in [3.63, 3.8) is 0 Å². The van der Waals surface area contributed by atoms with E-state index in [1.54, 1.807) is 37.4 Å². The molecule has 3 rings (SSSR count). The smallest absolute Gasteiger partial charge is 0.338 e. The highest BCUT2D eigenvalue weighted by Crippen LogP contribution is 2.26. The standard InChI is InChI=1S/C22H18Cl2O4/c1-26-20-4-2-3-5-21(20)27-13-15-6-8-16(9-7-15)22(25)28-14-17-10-11-18(23)12-19(17)24/h2-12H,13-14H2,1H3. The minimum absolute atomic E-state index is 0.0769. The zero-order valence-electron chi connectivity index (χ0n) is 15.2. The fourth-order valence-electron chi connectivity index (χ4n) is 2.50. The van der Waals surface area contributed by atoms with Crippen LogP contribution >= 0.6 is 23.2 Å². The van der Waals surface area contributed by atoms with Gasteiger partial charge in [-0.1, -0.05) is 53.5 Å². The van der Waals surface area contributed by atoms with Crippen LogP contribution in [0.15, 0.2) is 66.7 Å². The van der Waals surface area contributed by atoms with Crippen LogP contribution in [0.4, 0.5) is 0 Å². The van der Waals surface area contributed by atoms with Gasteiger partial charge in [0.05, 0.1) is 12.7 Å². The zero-order chi connectivity index (χ0) is 19.9. The van der Waals surface area contributed by atoms with Gasteiger partial charge in [-0.25, -0.2) is 4.79 Å². The molecule has 0 aliphatic carbocycles. The Morgan fingerprint density at radius 2 is 1.61 bits per heavy atom. The van der Waals surface area contributed by atoms with Gasteiger partial charge in [0.1, 0.15) is 13.2 Å². The Balaban J connectivity index is 1.56. The van der Waals surface area contributed by atoms with Crippen LogP contribution in [0.25, 0.3) is 0 Å². The van der Waals surface area contributed by atoms with E-state index in [9.17, 15) is 4.79 Å². The fourth-order valence-corrected chi connectivity index (χ4v) is 2.96. The summed E-state index contributed by atoms with van der Waals surface area (Å²) in [4.78, 5) is 12.2. The quantitative estimate of drug-likeness (QED) is 0.447. The van der Waals surface area contributed by atoms with Crippen molar-refractivity contribution in [1.29, 1.82) is 0 Å². The van der Waals surface area contributed by atoms with E-state index >= 15 is 0 Å². The van der Waals surface area contributed by atoms with Gasteiger partial charge in [0.25, 0.3) is 0 Å². The molecular weight excluding hydrogens is 399 g/mol. The summed E-state index contributed by atoms with van der Waals surface area (Å²) in [6.45, 7) is 0.434. The second-order valence-electron chi connectivity index (χ2n) is 5.95. The minimum atomic E-state index is -0.428. The number of hydrogen-bond donors (Lipinski definition) is 0. The van der Waals surface area contributed by atoms with Crippen molar-refractivity contribution in [3.05, 3.63) is 93.5 Å². The topological polar surface area (TPSA) is 44.8 Å². The summed E-state index contributed by atoms with van der Waals surface area (Å²) < 4.78 is 16.4. The summed E-state index contributed by atoms with van der Waals surface area (Å²) in [5.41, 5.74) is 2.07. The molecular formula is C22H18Cl2O4. The van der Waals surface area contributed by atoms with Gasteiger partial charge >= 0.3 is 5.97 Å². The van der Waals surface area contributed by atoms with Gasteiger partial charge in [-0.05, 0) is 42.0 Å². The van der Waals surface area contributed by atoms with Gasteiger partial charge < -0.3 is 14.2 Å². The average molecular weight is 417 g/mol. The average Bonchev–Trinajstić information content (AvgIpc) is 2.72. The summed E-state index contributed by atoms with van der Waals surface area (Å²) in [5.74, 6) is 0.903. The van der Waals surface area contributed by atoms with Crippen LogP contribution in [0, 0.1) is 0 Å². The lowest BCUT2D eigenvalue weighted by atomic mass is 10.1. The first-order valence-corrected chi connectivity index (χ1v) is 9.28.